The monoisotopic (exact) mass is 396 g/mol. The molecule has 3 aromatic rings. The zero-order valence-corrected chi connectivity index (χ0v) is 16.8. The Hall–Kier alpha value is -2.37. The van der Waals surface area contributed by atoms with Crippen LogP contribution in [-0.2, 0) is 11.8 Å². The van der Waals surface area contributed by atoms with Gasteiger partial charge in [-0.1, -0.05) is 12.1 Å². The van der Waals surface area contributed by atoms with E-state index in [0.29, 0.717) is 0 Å². The Morgan fingerprint density at radius 3 is 2.57 bits per heavy atom. The molecule has 28 heavy (non-hydrogen) atoms. The number of benzene rings is 2. The van der Waals surface area contributed by atoms with Crippen LogP contribution in [0.15, 0.2) is 48.5 Å². The van der Waals surface area contributed by atoms with Crippen LogP contribution >= 0.6 is 12.4 Å². The number of nitrogens with zero attached hydrogens (tertiary/aromatic N) is 2. The highest BCUT2D eigenvalue weighted by atomic mass is 35.5. The molecule has 5 rings (SSSR count). The second-order valence-electron chi connectivity index (χ2n) is 7.92. The van der Waals surface area contributed by atoms with Crippen LogP contribution in [0.3, 0.4) is 0 Å². The first-order chi connectivity index (χ1) is 13.2. The third kappa shape index (κ3) is 3.19. The Bertz CT molecular complexity index is 1010. The molecule has 146 valence electrons. The highest BCUT2D eigenvalue weighted by Gasteiger charge is 2.57. The van der Waals surface area contributed by atoms with Gasteiger partial charge in [-0.3, -0.25) is 4.79 Å². The number of halogens is 1. The largest absolute Gasteiger partial charge is 0.327 e. The van der Waals surface area contributed by atoms with Gasteiger partial charge in [0.2, 0.25) is 5.91 Å². The van der Waals surface area contributed by atoms with Crippen LogP contribution in [0.1, 0.15) is 19.3 Å². The van der Waals surface area contributed by atoms with Gasteiger partial charge in [-0.15, -0.1) is 12.4 Å². The zero-order valence-electron chi connectivity index (χ0n) is 15.9. The number of fused-ring (bicyclic) bond motifs is 1. The molecule has 1 amide bonds. The fourth-order valence-corrected chi connectivity index (χ4v) is 4.53. The predicted molar refractivity (Wildman–Crippen MR) is 115 cm³/mol. The molecular weight excluding hydrogens is 372 g/mol. The van der Waals surface area contributed by atoms with E-state index in [2.05, 4.69) is 21.3 Å². The quantitative estimate of drug-likeness (QED) is 0.703. The average Bonchev–Trinajstić information content (AvgIpc) is 3.29. The van der Waals surface area contributed by atoms with Crippen molar-refractivity contribution in [3.05, 3.63) is 48.5 Å². The van der Waals surface area contributed by atoms with Crippen LogP contribution in [-0.4, -0.2) is 28.5 Å². The Kier molecular flexibility index (Phi) is 4.89. The molecule has 0 bridgehead atoms. The summed E-state index contributed by atoms with van der Waals surface area (Å²) < 4.78 is 2.11. The molecule has 1 atom stereocenters. The van der Waals surface area contributed by atoms with Crippen molar-refractivity contribution in [2.24, 2.45) is 18.4 Å². The second-order valence-corrected chi connectivity index (χ2v) is 7.92. The molecule has 5 nitrogen and oxygen atoms in total. The third-order valence-electron chi connectivity index (χ3n) is 6.30. The van der Waals surface area contributed by atoms with Crippen LogP contribution in [0.5, 0.6) is 0 Å². The number of carbonyl (C=O) groups excluding carboxylic acids is 1. The topological polar surface area (TPSA) is 59.0 Å². The van der Waals surface area contributed by atoms with Gasteiger partial charge in [0.05, 0.1) is 11.0 Å². The number of piperidine rings is 1. The number of anilines is 1. The summed E-state index contributed by atoms with van der Waals surface area (Å²) in [7, 11) is 2.03. The number of hydrogen-bond donors (Lipinski definition) is 2. The van der Waals surface area contributed by atoms with Crippen molar-refractivity contribution >= 4 is 35.0 Å². The Morgan fingerprint density at radius 2 is 1.86 bits per heavy atom. The molecule has 2 aliphatic rings. The number of carbonyl (C=O) groups is 1. The summed E-state index contributed by atoms with van der Waals surface area (Å²) in [5.74, 6) is 1.29. The Morgan fingerprint density at radius 1 is 1.14 bits per heavy atom. The first-order valence-electron chi connectivity index (χ1n) is 9.70. The molecule has 2 heterocycles. The van der Waals surface area contributed by atoms with Crippen LogP contribution < -0.4 is 10.6 Å². The summed E-state index contributed by atoms with van der Waals surface area (Å²) in [6, 6.07) is 16.2. The van der Waals surface area contributed by atoms with Crippen molar-refractivity contribution in [1.82, 2.24) is 14.9 Å². The minimum absolute atomic E-state index is 0. The lowest BCUT2D eigenvalue weighted by molar-refractivity contribution is -0.118. The summed E-state index contributed by atoms with van der Waals surface area (Å²) in [4.78, 5) is 17.4. The van der Waals surface area contributed by atoms with Crippen molar-refractivity contribution < 1.29 is 4.79 Å². The number of para-hydroxylation sites is 2. The molecule has 0 radical (unpaired) electrons. The average molecular weight is 397 g/mol. The molecule has 2 fully saturated rings. The van der Waals surface area contributed by atoms with Gasteiger partial charge in [0.1, 0.15) is 5.82 Å². The number of rotatable bonds is 3. The van der Waals surface area contributed by atoms with E-state index in [1.807, 2.05) is 49.5 Å². The zero-order chi connectivity index (χ0) is 18.4. The number of aromatic nitrogens is 2. The van der Waals surface area contributed by atoms with Crippen LogP contribution in [0.4, 0.5) is 5.69 Å². The van der Waals surface area contributed by atoms with E-state index in [-0.39, 0.29) is 29.6 Å². The van der Waals surface area contributed by atoms with E-state index in [9.17, 15) is 4.79 Å². The summed E-state index contributed by atoms with van der Waals surface area (Å²) in [5, 5.41) is 6.49. The van der Waals surface area contributed by atoms with Gasteiger partial charge in [0.15, 0.2) is 0 Å². The first-order valence-corrected chi connectivity index (χ1v) is 9.70. The number of hydrogen-bond acceptors (Lipinski definition) is 3. The first kappa shape index (κ1) is 19.0. The lowest BCUT2D eigenvalue weighted by atomic mass is 9.92. The smallest absolute Gasteiger partial charge is 0.228 e. The normalized spacial score (nSPS) is 20.0. The molecule has 1 saturated carbocycles. The summed E-state index contributed by atoms with van der Waals surface area (Å²) in [6.07, 6.45) is 3.28. The maximum absolute atomic E-state index is 12.6. The maximum Gasteiger partial charge on any atom is 0.228 e. The van der Waals surface area contributed by atoms with E-state index in [1.54, 1.807) is 0 Å². The van der Waals surface area contributed by atoms with Crippen molar-refractivity contribution in [1.29, 1.82) is 0 Å². The van der Waals surface area contributed by atoms with Crippen molar-refractivity contribution in [3.63, 3.8) is 0 Å². The van der Waals surface area contributed by atoms with Gasteiger partial charge >= 0.3 is 0 Å². The van der Waals surface area contributed by atoms with Crippen molar-refractivity contribution in [2.75, 3.05) is 18.4 Å². The molecule has 1 saturated heterocycles. The molecule has 1 aromatic heterocycles. The van der Waals surface area contributed by atoms with Gasteiger partial charge < -0.3 is 15.2 Å². The molecule has 1 unspecified atom stereocenters. The summed E-state index contributed by atoms with van der Waals surface area (Å²) in [5.41, 5.74) is 4.29. The third-order valence-corrected chi connectivity index (χ3v) is 6.30. The maximum atomic E-state index is 12.6. The van der Waals surface area contributed by atoms with E-state index >= 15 is 0 Å². The number of imidazole rings is 1. The molecular formula is C22H25ClN4O. The molecule has 1 aliphatic carbocycles. The van der Waals surface area contributed by atoms with Crippen LogP contribution in [0, 0.1) is 11.3 Å². The summed E-state index contributed by atoms with van der Waals surface area (Å²) >= 11 is 0. The fraction of sp³-hybridized carbons (Fsp3) is 0.364. The van der Waals surface area contributed by atoms with Gasteiger partial charge in [0, 0.05) is 24.2 Å². The molecule has 6 heteroatoms. The Labute approximate surface area is 170 Å². The number of nitrogens with one attached hydrogen (secondary N) is 2. The van der Waals surface area contributed by atoms with Crippen molar-refractivity contribution in [3.8, 4) is 11.4 Å². The van der Waals surface area contributed by atoms with E-state index in [0.717, 1.165) is 60.5 Å². The standard InChI is InChI=1S/C22H24N4O.ClH/c1-26-19-5-3-2-4-18(19)25-20(26)15-6-8-16(9-7-15)24-21(27)17-14-22(17)10-12-23-13-11-22;/h2-9,17,23H,10-14H2,1H3,(H,24,27);1H. The molecule has 2 N–H and O–H groups in total. The minimum atomic E-state index is 0. The van der Waals surface area contributed by atoms with E-state index in [1.165, 1.54) is 0 Å². The van der Waals surface area contributed by atoms with Gasteiger partial charge in [-0.25, -0.2) is 4.98 Å². The molecule has 1 aliphatic heterocycles. The minimum Gasteiger partial charge on any atom is -0.327 e. The fourth-order valence-electron chi connectivity index (χ4n) is 4.53. The van der Waals surface area contributed by atoms with Gasteiger partial charge in [-0.05, 0) is 74.2 Å². The number of amides is 1. The highest BCUT2D eigenvalue weighted by Crippen LogP contribution is 2.58. The predicted octanol–water partition coefficient (Wildman–Crippen LogP) is 3.99. The second kappa shape index (κ2) is 7.22. The number of aryl methyl sites for hydroxylation is 1. The lowest BCUT2D eigenvalue weighted by Gasteiger charge is -2.23. The SMILES string of the molecule is Cl.Cn1c(-c2ccc(NC(=O)C3CC34CCNCC4)cc2)nc2ccccc21. The molecule has 2 aromatic carbocycles. The highest BCUT2D eigenvalue weighted by molar-refractivity contribution is 5.95. The van der Waals surface area contributed by atoms with Crippen LogP contribution in [0.2, 0.25) is 0 Å². The summed E-state index contributed by atoms with van der Waals surface area (Å²) in [6.45, 7) is 2.08. The van der Waals surface area contributed by atoms with Gasteiger partial charge in [-0.2, -0.15) is 0 Å². The van der Waals surface area contributed by atoms with E-state index < -0.39 is 0 Å². The van der Waals surface area contributed by atoms with Gasteiger partial charge in [0.25, 0.3) is 0 Å². The Balaban J connectivity index is 0.00000192. The molecule has 1 spiro atoms. The van der Waals surface area contributed by atoms with Crippen LogP contribution in [0.25, 0.3) is 22.4 Å². The van der Waals surface area contributed by atoms with Crippen molar-refractivity contribution in [2.45, 2.75) is 19.3 Å². The van der Waals surface area contributed by atoms with E-state index in [4.69, 9.17) is 4.98 Å². The lowest BCUT2D eigenvalue weighted by Crippen LogP contribution is -2.31.